The number of nitrogens with one attached hydrogen (secondary N) is 1. The lowest BCUT2D eigenvalue weighted by Crippen LogP contribution is -2.71. The molecule has 16 heteroatoms. The standard InChI is InChI=1S/C20H18N8O5S3/c1-33-26-12(10-7-35-19(21)24-10)15(29)25-13-16(30)28-14(18(31)32)8(6-34-17(13)28)4-27-3-2-11-9(5-27)23-20(22)36-11/h2-3,5,7,13,17H,4,6H2,1H3,(H5-,21,22,23,24,25,29,31,32)/p+1/t13?,17-/m0/s1. The number of nitrogen functional groups attached to an aromatic ring is 2. The molecule has 1 unspecified atom stereocenters. The molecular formula is C20H19N8O5S3+. The number of hydrogen-bond acceptors (Lipinski definition) is 12. The van der Waals surface area contributed by atoms with Crippen molar-refractivity contribution < 1.29 is 28.9 Å². The van der Waals surface area contributed by atoms with Gasteiger partial charge in [0.25, 0.3) is 11.8 Å². The number of thioether (sulfide) groups is 1. The van der Waals surface area contributed by atoms with Crippen LogP contribution in [0.5, 0.6) is 0 Å². The van der Waals surface area contributed by atoms with Gasteiger partial charge in [-0.15, -0.1) is 23.1 Å². The number of hydrogen-bond donors (Lipinski definition) is 4. The van der Waals surface area contributed by atoms with E-state index in [0.29, 0.717) is 22.0 Å². The number of anilines is 2. The van der Waals surface area contributed by atoms with E-state index < -0.39 is 29.2 Å². The van der Waals surface area contributed by atoms with Crippen molar-refractivity contribution in [2.45, 2.75) is 18.0 Å². The highest BCUT2D eigenvalue weighted by Gasteiger charge is 2.54. The number of carboxylic acids is 1. The lowest BCUT2D eigenvalue weighted by Gasteiger charge is -2.49. The van der Waals surface area contributed by atoms with Crippen molar-refractivity contribution >= 4 is 78.4 Å². The van der Waals surface area contributed by atoms with Crippen molar-refractivity contribution in [1.82, 2.24) is 20.2 Å². The number of fused-ring (bicyclic) bond motifs is 2. The van der Waals surface area contributed by atoms with Crippen molar-refractivity contribution in [3.8, 4) is 0 Å². The topological polar surface area (TPSA) is 190 Å². The molecule has 0 aromatic carbocycles. The zero-order valence-electron chi connectivity index (χ0n) is 18.6. The first-order valence-corrected chi connectivity index (χ1v) is 13.1. The monoisotopic (exact) mass is 547 g/mol. The summed E-state index contributed by atoms with van der Waals surface area (Å²) >= 11 is 3.86. The number of rotatable bonds is 7. The van der Waals surface area contributed by atoms with Crippen molar-refractivity contribution in [2.75, 3.05) is 24.3 Å². The normalized spacial score (nSPS) is 19.8. The Balaban J connectivity index is 1.36. The molecule has 1 saturated heterocycles. The maximum absolute atomic E-state index is 13.0. The number of nitrogens with two attached hydrogens (primary N) is 2. The van der Waals surface area contributed by atoms with Gasteiger partial charge in [0.1, 0.15) is 35.4 Å². The highest BCUT2D eigenvalue weighted by atomic mass is 32.2. The van der Waals surface area contributed by atoms with Crippen molar-refractivity contribution in [3.63, 3.8) is 0 Å². The number of aliphatic carboxylic acids is 1. The van der Waals surface area contributed by atoms with E-state index in [1.165, 1.54) is 35.1 Å². The number of β-lactam (4-membered cyclic amide) rings is 1. The predicted molar refractivity (Wildman–Crippen MR) is 134 cm³/mol. The van der Waals surface area contributed by atoms with Crippen LogP contribution in [0.25, 0.3) is 10.2 Å². The summed E-state index contributed by atoms with van der Waals surface area (Å²) in [6.07, 6.45) is 3.60. The summed E-state index contributed by atoms with van der Waals surface area (Å²) in [5, 5.41) is 17.9. The number of amides is 2. The molecular weight excluding hydrogens is 528 g/mol. The summed E-state index contributed by atoms with van der Waals surface area (Å²) in [6, 6.07) is 0.928. The van der Waals surface area contributed by atoms with Crippen LogP contribution in [0.2, 0.25) is 0 Å². The molecule has 2 aliphatic heterocycles. The van der Waals surface area contributed by atoms with E-state index in [-0.39, 0.29) is 28.8 Å². The van der Waals surface area contributed by atoms with Crippen molar-refractivity contribution in [3.05, 3.63) is 40.8 Å². The van der Waals surface area contributed by atoms with Crippen molar-refractivity contribution in [1.29, 1.82) is 0 Å². The highest BCUT2D eigenvalue weighted by Crippen LogP contribution is 2.40. The van der Waals surface area contributed by atoms with Crippen LogP contribution in [0.15, 0.2) is 40.3 Å². The third kappa shape index (κ3) is 4.22. The number of aromatic nitrogens is 3. The maximum Gasteiger partial charge on any atom is 0.352 e. The molecule has 2 amide bonds. The molecule has 5 rings (SSSR count). The first-order chi connectivity index (χ1) is 17.3. The second kappa shape index (κ2) is 9.36. The zero-order valence-corrected chi connectivity index (χ0v) is 21.0. The fourth-order valence-corrected chi connectivity index (χ4v) is 6.55. The summed E-state index contributed by atoms with van der Waals surface area (Å²) in [5.74, 6) is -2.07. The van der Waals surface area contributed by atoms with Gasteiger partial charge in [0.05, 0.1) is 4.70 Å². The van der Waals surface area contributed by atoms with E-state index >= 15 is 0 Å². The molecule has 13 nitrogen and oxygen atoms in total. The van der Waals surface area contributed by atoms with E-state index in [0.717, 1.165) is 16.0 Å². The first-order valence-electron chi connectivity index (χ1n) is 10.3. The molecule has 2 atom stereocenters. The van der Waals surface area contributed by atoms with Crippen LogP contribution in [0.3, 0.4) is 0 Å². The number of pyridine rings is 1. The second-order valence-electron chi connectivity index (χ2n) is 7.73. The minimum absolute atomic E-state index is 0.0855. The summed E-state index contributed by atoms with van der Waals surface area (Å²) in [5.41, 5.74) is 12.7. The number of nitrogens with zero attached hydrogens (tertiary/aromatic N) is 5. The molecule has 3 aromatic heterocycles. The zero-order chi connectivity index (χ0) is 25.6. The fraction of sp³-hybridized carbons (Fsp3) is 0.250. The van der Waals surface area contributed by atoms with Gasteiger partial charge < -0.3 is 26.7 Å². The van der Waals surface area contributed by atoms with E-state index in [9.17, 15) is 19.5 Å². The van der Waals surface area contributed by atoms with Crippen LogP contribution in [0.4, 0.5) is 10.3 Å². The Morgan fingerprint density at radius 2 is 2.17 bits per heavy atom. The number of thiazole rings is 2. The Labute approximate surface area is 215 Å². The van der Waals surface area contributed by atoms with Gasteiger partial charge in [-0.2, -0.15) is 4.57 Å². The van der Waals surface area contributed by atoms with Crippen LogP contribution in [-0.4, -0.2) is 67.7 Å². The average molecular weight is 548 g/mol. The highest BCUT2D eigenvalue weighted by molar-refractivity contribution is 8.00. The lowest BCUT2D eigenvalue weighted by atomic mass is 10.0. The fourth-order valence-electron chi connectivity index (χ4n) is 3.96. The molecule has 2 aliphatic rings. The van der Waals surface area contributed by atoms with Crippen LogP contribution in [0.1, 0.15) is 5.69 Å². The third-order valence-electron chi connectivity index (χ3n) is 5.48. The van der Waals surface area contributed by atoms with Gasteiger partial charge in [-0.3, -0.25) is 14.5 Å². The molecule has 0 saturated carbocycles. The maximum atomic E-state index is 13.0. The number of oxime groups is 1. The smallest absolute Gasteiger partial charge is 0.352 e. The van der Waals surface area contributed by atoms with Gasteiger partial charge in [0.15, 0.2) is 34.9 Å². The molecule has 186 valence electrons. The third-order valence-corrected chi connectivity index (χ3v) is 8.35. The number of carboxylic acid groups (broad SMARTS) is 1. The lowest BCUT2D eigenvalue weighted by molar-refractivity contribution is -0.687. The second-order valence-corrected chi connectivity index (χ2v) is 10.8. The van der Waals surface area contributed by atoms with Gasteiger partial charge in [-0.05, 0) is 0 Å². The Morgan fingerprint density at radius 3 is 2.86 bits per heavy atom. The van der Waals surface area contributed by atoms with Gasteiger partial charge in [-0.1, -0.05) is 16.5 Å². The van der Waals surface area contributed by atoms with E-state index in [2.05, 4.69) is 20.4 Å². The SMILES string of the molecule is CON=C(C(=O)NC1C(=O)N2C(C(=O)O)=C(C[n+]3ccc4sc(N)nc4c3)CS[C@@H]12)c1csc(N)n1. The molecule has 0 spiro atoms. The minimum atomic E-state index is -1.22. The molecule has 1 fully saturated rings. The first kappa shape index (κ1) is 24.0. The average Bonchev–Trinajstić information content (AvgIpc) is 3.44. The van der Waals surface area contributed by atoms with Gasteiger partial charge in [-0.25, -0.2) is 14.8 Å². The van der Waals surface area contributed by atoms with Gasteiger partial charge >= 0.3 is 5.97 Å². The Kier molecular flexibility index (Phi) is 6.23. The molecule has 36 heavy (non-hydrogen) atoms. The van der Waals surface area contributed by atoms with Crippen LogP contribution in [-0.2, 0) is 25.8 Å². The quantitative estimate of drug-likeness (QED) is 0.135. The Bertz CT molecular complexity index is 1460. The summed E-state index contributed by atoms with van der Waals surface area (Å²) in [7, 11) is 1.28. The summed E-state index contributed by atoms with van der Waals surface area (Å²) < 4.78 is 2.72. The molecule has 3 aromatic rings. The molecule has 0 bridgehead atoms. The number of carbonyl (C=O) groups is 3. The van der Waals surface area contributed by atoms with E-state index in [1.54, 1.807) is 16.1 Å². The van der Waals surface area contributed by atoms with E-state index in [4.69, 9.17) is 16.3 Å². The summed E-state index contributed by atoms with van der Waals surface area (Å²) in [6.45, 7) is 0.255. The van der Waals surface area contributed by atoms with Crippen LogP contribution < -0.4 is 21.4 Å². The van der Waals surface area contributed by atoms with E-state index in [1.807, 2.05) is 12.3 Å². The molecule has 5 heterocycles. The largest absolute Gasteiger partial charge is 0.477 e. The summed E-state index contributed by atoms with van der Waals surface area (Å²) in [4.78, 5) is 52.3. The van der Waals surface area contributed by atoms with Crippen molar-refractivity contribution in [2.24, 2.45) is 5.16 Å². The molecule has 0 radical (unpaired) electrons. The molecule has 6 N–H and O–H groups in total. The molecule has 0 aliphatic carbocycles. The Morgan fingerprint density at radius 1 is 1.36 bits per heavy atom. The van der Waals surface area contributed by atoms with Gasteiger partial charge in [0, 0.05) is 22.8 Å². The van der Waals surface area contributed by atoms with Gasteiger partial charge in [0.2, 0.25) is 0 Å². The predicted octanol–water partition coefficient (Wildman–Crippen LogP) is -0.00600. The van der Waals surface area contributed by atoms with Crippen LogP contribution >= 0.6 is 34.4 Å². The number of carbonyl (C=O) groups excluding carboxylic acids is 2. The Hall–Kier alpha value is -3.76. The van der Waals surface area contributed by atoms with Crippen LogP contribution in [0, 0.1) is 0 Å². The minimum Gasteiger partial charge on any atom is -0.477 e.